The molecule has 110 valence electrons. The van der Waals surface area contributed by atoms with Gasteiger partial charge < -0.3 is 19.1 Å². The number of ether oxygens (including phenoxy) is 2. The summed E-state index contributed by atoms with van der Waals surface area (Å²) in [6.07, 6.45) is 0. The number of methoxy groups -OCH3 is 1. The fourth-order valence-corrected chi connectivity index (χ4v) is 1.04. The fourth-order valence-electron chi connectivity index (χ4n) is 1.04. The first-order valence-corrected chi connectivity index (χ1v) is 4.60. The minimum absolute atomic E-state index is 0.442. The third-order valence-corrected chi connectivity index (χ3v) is 1.75. The third-order valence-electron chi connectivity index (χ3n) is 1.75. The molecule has 0 fully saturated rings. The van der Waals surface area contributed by atoms with Crippen molar-refractivity contribution in [3.8, 4) is 0 Å². The summed E-state index contributed by atoms with van der Waals surface area (Å²) >= 11 is 0. The van der Waals surface area contributed by atoms with Crippen LogP contribution in [0.15, 0.2) is 0 Å². The highest BCUT2D eigenvalue weighted by molar-refractivity contribution is 4.79. The molecule has 0 atom stereocenters. The number of rotatable bonds is 11. The van der Waals surface area contributed by atoms with Crippen LogP contribution in [-0.4, -0.2) is 54.4 Å². The zero-order valence-electron chi connectivity index (χ0n) is 9.75. The van der Waals surface area contributed by atoms with Crippen molar-refractivity contribution >= 4 is 0 Å². The molecule has 0 heterocycles. The van der Waals surface area contributed by atoms with Crippen LogP contribution in [-0.2, 0) is 19.1 Å². The van der Waals surface area contributed by atoms with Gasteiger partial charge in [-0.15, -0.1) is 20.2 Å². The van der Waals surface area contributed by atoms with E-state index in [2.05, 4.69) is 14.4 Å². The first-order valence-electron chi connectivity index (χ1n) is 4.60. The van der Waals surface area contributed by atoms with Gasteiger partial charge in [-0.2, -0.15) is 0 Å². The van der Waals surface area contributed by atoms with Gasteiger partial charge in [-0.3, -0.25) is 10.1 Å². The van der Waals surface area contributed by atoms with Gasteiger partial charge in [0.15, 0.2) is 0 Å². The van der Waals surface area contributed by atoms with E-state index in [0.717, 1.165) is 0 Å². The lowest BCUT2D eigenvalue weighted by Crippen LogP contribution is -2.48. The Hall–Kier alpha value is -2.28. The molecule has 0 aromatic heterocycles. The Bertz CT molecular complexity index is 288. The lowest BCUT2D eigenvalue weighted by molar-refractivity contribution is -0.773. The number of nitro groups is 1. The topological polar surface area (TPSA) is 166 Å². The normalized spacial score (nSPS) is 10.8. The standard InChI is InChI=1S/C6H11N3O10/c1-16-2-6(3-18-8(12)13,4-19-9(14)15)17-5-7(10)11/h2-5H2,1H3. The van der Waals surface area contributed by atoms with E-state index in [9.17, 15) is 30.3 Å². The maximum atomic E-state index is 10.2. The van der Waals surface area contributed by atoms with E-state index in [1.807, 2.05) is 0 Å². The van der Waals surface area contributed by atoms with Crippen LogP contribution >= 0.6 is 0 Å². The minimum atomic E-state index is -1.85. The average Bonchev–Trinajstić information content (AvgIpc) is 2.31. The van der Waals surface area contributed by atoms with E-state index in [1.165, 1.54) is 7.11 Å². The Morgan fingerprint density at radius 2 is 1.42 bits per heavy atom. The SMILES string of the molecule is COCC(CO[N+](=O)[O-])(CO[N+](=O)[O-])OC[N+](=O)[O-]. The van der Waals surface area contributed by atoms with E-state index >= 15 is 0 Å². The molecule has 0 aromatic carbocycles. The molecular weight excluding hydrogens is 274 g/mol. The summed E-state index contributed by atoms with van der Waals surface area (Å²) in [4.78, 5) is 37.6. The molecule has 0 amide bonds. The Labute approximate surface area is 105 Å². The molecule has 0 aromatic rings. The molecule has 0 spiro atoms. The van der Waals surface area contributed by atoms with Crippen molar-refractivity contribution in [3.05, 3.63) is 30.3 Å². The summed E-state index contributed by atoms with van der Waals surface area (Å²) in [6.45, 7) is -3.14. The fraction of sp³-hybridized carbons (Fsp3) is 1.00. The predicted molar refractivity (Wildman–Crippen MR) is 53.4 cm³/mol. The van der Waals surface area contributed by atoms with Gasteiger partial charge in [0.1, 0.15) is 18.8 Å². The summed E-state index contributed by atoms with van der Waals surface area (Å²) in [5.74, 6) is 0. The molecule has 0 unspecified atom stereocenters. The van der Waals surface area contributed by atoms with Crippen LogP contribution in [0.1, 0.15) is 0 Å². The van der Waals surface area contributed by atoms with Gasteiger partial charge in [0.2, 0.25) is 0 Å². The summed E-state index contributed by atoms with van der Waals surface area (Å²) in [5, 5.41) is 28.1. The highest BCUT2D eigenvalue weighted by Gasteiger charge is 2.36. The van der Waals surface area contributed by atoms with E-state index in [-0.39, 0.29) is 0 Å². The van der Waals surface area contributed by atoms with Crippen molar-refractivity contribution in [2.45, 2.75) is 5.60 Å². The number of nitrogens with zero attached hydrogens (tertiary/aromatic N) is 3. The summed E-state index contributed by atoms with van der Waals surface area (Å²) in [5.41, 5.74) is -1.85. The highest BCUT2D eigenvalue weighted by Crippen LogP contribution is 2.14. The summed E-state index contributed by atoms with van der Waals surface area (Å²) < 4.78 is 9.40. The second-order valence-corrected chi connectivity index (χ2v) is 3.22. The van der Waals surface area contributed by atoms with Crippen LogP contribution < -0.4 is 0 Å². The van der Waals surface area contributed by atoms with Crippen molar-refractivity contribution < 1.29 is 34.2 Å². The monoisotopic (exact) mass is 285 g/mol. The van der Waals surface area contributed by atoms with Crippen molar-refractivity contribution in [2.24, 2.45) is 0 Å². The van der Waals surface area contributed by atoms with Crippen LogP contribution in [0.25, 0.3) is 0 Å². The van der Waals surface area contributed by atoms with E-state index in [0.29, 0.717) is 0 Å². The van der Waals surface area contributed by atoms with Crippen LogP contribution in [0.5, 0.6) is 0 Å². The van der Waals surface area contributed by atoms with Gasteiger partial charge in [-0.25, -0.2) is 0 Å². The van der Waals surface area contributed by atoms with E-state index in [1.54, 1.807) is 0 Å². The Morgan fingerprint density at radius 3 is 1.74 bits per heavy atom. The maximum absolute atomic E-state index is 10.2. The van der Waals surface area contributed by atoms with E-state index in [4.69, 9.17) is 4.74 Å². The molecule has 0 aliphatic carbocycles. The second-order valence-electron chi connectivity index (χ2n) is 3.22. The highest BCUT2D eigenvalue weighted by atomic mass is 17.0. The van der Waals surface area contributed by atoms with E-state index < -0.39 is 47.2 Å². The van der Waals surface area contributed by atoms with Gasteiger partial charge in [0, 0.05) is 12.0 Å². The van der Waals surface area contributed by atoms with Crippen molar-refractivity contribution in [1.82, 2.24) is 0 Å². The summed E-state index contributed by atoms with van der Waals surface area (Å²) in [7, 11) is 1.17. The van der Waals surface area contributed by atoms with Crippen molar-refractivity contribution in [1.29, 1.82) is 0 Å². The zero-order valence-corrected chi connectivity index (χ0v) is 9.75. The smallest absolute Gasteiger partial charge is 0.306 e. The molecule has 13 heteroatoms. The maximum Gasteiger partial charge on any atom is 0.306 e. The van der Waals surface area contributed by atoms with Gasteiger partial charge in [0.05, 0.1) is 6.61 Å². The zero-order chi connectivity index (χ0) is 14.9. The molecule has 0 rings (SSSR count). The van der Waals surface area contributed by atoms with Crippen LogP contribution in [0, 0.1) is 30.3 Å². The van der Waals surface area contributed by atoms with Gasteiger partial charge in [0.25, 0.3) is 10.2 Å². The largest absolute Gasteiger partial charge is 0.382 e. The second kappa shape index (κ2) is 7.93. The molecule has 0 aliphatic heterocycles. The van der Waals surface area contributed by atoms with Crippen LogP contribution in [0.2, 0.25) is 0 Å². The van der Waals surface area contributed by atoms with Gasteiger partial charge >= 0.3 is 6.73 Å². The van der Waals surface area contributed by atoms with Gasteiger partial charge in [-0.05, 0) is 0 Å². The summed E-state index contributed by atoms with van der Waals surface area (Å²) in [6, 6.07) is 0. The molecule has 0 saturated heterocycles. The quantitative estimate of drug-likeness (QED) is 0.262. The molecule has 19 heavy (non-hydrogen) atoms. The van der Waals surface area contributed by atoms with Gasteiger partial charge in [-0.1, -0.05) is 0 Å². The first-order chi connectivity index (χ1) is 8.81. The van der Waals surface area contributed by atoms with Crippen molar-refractivity contribution in [3.63, 3.8) is 0 Å². The molecular formula is C6H11N3O10. The Kier molecular flexibility index (Phi) is 6.98. The third kappa shape index (κ3) is 7.61. The average molecular weight is 285 g/mol. The molecule has 0 saturated carbocycles. The predicted octanol–water partition coefficient (Wildman–Crippen LogP) is -0.961. The Morgan fingerprint density at radius 1 is 0.947 bits per heavy atom. The molecule has 13 nitrogen and oxygen atoms in total. The Balaban J connectivity index is 4.79. The lowest BCUT2D eigenvalue weighted by Gasteiger charge is -2.28. The first kappa shape index (κ1) is 16.7. The minimum Gasteiger partial charge on any atom is -0.382 e. The molecule has 0 bridgehead atoms. The molecule has 0 N–H and O–H groups in total. The molecule has 0 aliphatic rings. The number of hydrogen-bond acceptors (Lipinski definition) is 10. The van der Waals surface area contributed by atoms with Crippen LogP contribution in [0.3, 0.4) is 0 Å². The number of hydrogen-bond donors (Lipinski definition) is 0. The van der Waals surface area contributed by atoms with Crippen LogP contribution in [0.4, 0.5) is 0 Å². The lowest BCUT2D eigenvalue weighted by atomic mass is 10.1. The molecule has 0 radical (unpaired) electrons. The van der Waals surface area contributed by atoms with Crippen molar-refractivity contribution in [2.75, 3.05) is 33.7 Å².